The number of carbonyl (C=O) groups excluding carboxylic acids is 1. The molecule has 13 nitrogen and oxygen atoms in total. The number of aromatic nitrogens is 3. The lowest BCUT2D eigenvalue weighted by molar-refractivity contribution is -0.135. The second-order valence-corrected chi connectivity index (χ2v) is 11.8. The van der Waals surface area contributed by atoms with Gasteiger partial charge in [0.25, 0.3) is 0 Å². The Bertz CT molecular complexity index is 1220. The van der Waals surface area contributed by atoms with Crippen LogP contribution in [0.4, 0.5) is 22.0 Å². The molecule has 1 atom stereocenters. The second-order valence-electron chi connectivity index (χ2n) is 11.8. The van der Waals surface area contributed by atoms with E-state index in [4.69, 9.17) is 39.5 Å². The van der Waals surface area contributed by atoms with Crippen molar-refractivity contribution >= 4 is 23.6 Å². The van der Waals surface area contributed by atoms with Gasteiger partial charge in [0.1, 0.15) is 5.82 Å². The van der Waals surface area contributed by atoms with E-state index in [1.54, 1.807) is 13.2 Å². The maximum absolute atomic E-state index is 15.1. The third-order valence-corrected chi connectivity index (χ3v) is 8.52. The number of esters is 1. The molecule has 0 amide bonds. The Morgan fingerprint density at radius 1 is 0.957 bits per heavy atom. The summed E-state index contributed by atoms with van der Waals surface area (Å²) in [4.78, 5) is 29.0. The van der Waals surface area contributed by atoms with Gasteiger partial charge in [0.2, 0.25) is 11.9 Å². The minimum atomic E-state index is -0.731. The van der Waals surface area contributed by atoms with Crippen molar-refractivity contribution in [2.75, 3.05) is 83.3 Å². The van der Waals surface area contributed by atoms with Crippen LogP contribution in [0.2, 0.25) is 0 Å². The van der Waals surface area contributed by atoms with Crippen molar-refractivity contribution in [1.82, 2.24) is 19.9 Å². The van der Waals surface area contributed by atoms with Crippen LogP contribution in [0, 0.1) is 5.82 Å². The number of likely N-dealkylation sites (tertiary alicyclic amines) is 1. The summed E-state index contributed by atoms with van der Waals surface area (Å²) < 4.78 is 41.4. The molecule has 1 aliphatic heterocycles. The van der Waals surface area contributed by atoms with Crippen molar-refractivity contribution in [3.05, 3.63) is 29.8 Å². The monoisotopic (exact) mass is 661 g/mol. The average molecular weight is 662 g/mol. The lowest BCUT2D eigenvalue weighted by Crippen LogP contribution is -2.35. The molecule has 2 fully saturated rings. The molecule has 1 saturated heterocycles. The summed E-state index contributed by atoms with van der Waals surface area (Å²) in [5.41, 5.74) is 0.312. The molecule has 3 N–H and O–H groups in total. The number of ether oxygens (including phenoxy) is 5. The van der Waals surface area contributed by atoms with Crippen LogP contribution in [0.25, 0.3) is 0 Å². The molecule has 0 radical (unpaired) electrons. The summed E-state index contributed by atoms with van der Waals surface area (Å²) in [6.45, 7) is 7.78. The summed E-state index contributed by atoms with van der Waals surface area (Å²) in [5.74, 6) is 6.56. The quantitative estimate of drug-likeness (QED) is 0.0518. The first kappa shape index (κ1) is 36.8. The molecule has 2 heterocycles. The van der Waals surface area contributed by atoms with Gasteiger partial charge in [0.15, 0.2) is 11.6 Å². The first-order valence-electron chi connectivity index (χ1n) is 17.0. The fraction of sp³-hybridized carbons (Fsp3) is 0.697. The number of benzene rings is 1. The van der Waals surface area contributed by atoms with Gasteiger partial charge in [-0.2, -0.15) is 15.0 Å². The van der Waals surface area contributed by atoms with Crippen LogP contribution >= 0.6 is 0 Å². The molecular formula is C33H52FN7O6. The van der Waals surface area contributed by atoms with Gasteiger partial charge >= 0.3 is 5.97 Å². The zero-order chi connectivity index (χ0) is 33.3. The number of nitrogens with one attached hydrogen (secondary N) is 1. The third kappa shape index (κ3) is 12.2. The van der Waals surface area contributed by atoms with Crippen molar-refractivity contribution in [1.29, 1.82) is 0 Å². The number of likely N-dealkylation sites (N-methyl/N-ethyl adjacent to an activating group) is 1. The predicted molar refractivity (Wildman–Crippen MR) is 176 cm³/mol. The zero-order valence-corrected chi connectivity index (χ0v) is 28.0. The molecule has 14 heteroatoms. The van der Waals surface area contributed by atoms with E-state index in [0.29, 0.717) is 63.1 Å². The Labute approximate surface area is 277 Å². The molecule has 262 valence electrons. The molecular weight excluding hydrogens is 609 g/mol. The van der Waals surface area contributed by atoms with E-state index in [1.165, 1.54) is 36.4 Å². The van der Waals surface area contributed by atoms with Crippen molar-refractivity contribution in [3.63, 3.8) is 0 Å². The minimum Gasteiger partial charge on any atom is -0.423 e. The number of methoxy groups -OCH3 is 1. The van der Waals surface area contributed by atoms with Gasteiger partial charge in [-0.1, -0.05) is 32.6 Å². The normalized spacial score (nSPS) is 17.5. The third-order valence-electron chi connectivity index (χ3n) is 8.52. The van der Waals surface area contributed by atoms with Crippen LogP contribution in [-0.4, -0.2) is 105 Å². The highest BCUT2D eigenvalue weighted by Gasteiger charge is 2.25. The first-order valence-corrected chi connectivity index (χ1v) is 17.0. The second kappa shape index (κ2) is 20.4. The number of halogens is 1. The van der Waals surface area contributed by atoms with Crippen LogP contribution in [-0.2, 0) is 23.7 Å². The van der Waals surface area contributed by atoms with Gasteiger partial charge in [0, 0.05) is 31.7 Å². The number of hydrazine groups is 1. The molecule has 1 aliphatic carbocycles. The fourth-order valence-electron chi connectivity index (χ4n) is 5.89. The number of nitrogens with zero attached hydrogens (tertiary/aromatic N) is 5. The zero-order valence-electron chi connectivity index (χ0n) is 28.0. The van der Waals surface area contributed by atoms with E-state index in [1.807, 2.05) is 0 Å². The van der Waals surface area contributed by atoms with Crippen molar-refractivity contribution in [3.8, 4) is 5.75 Å². The summed E-state index contributed by atoms with van der Waals surface area (Å²) in [5, 5.41) is 4.68. The smallest absolute Gasteiger partial charge is 0.313 e. The molecule has 2 aromatic rings. The Hall–Kier alpha value is -3.01. The van der Waals surface area contributed by atoms with E-state index in [-0.39, 0.29) is 30.6 Å². The highest BCUT2D eigenvalue weighted by atomic mass is 19.1. The van der Waals surface area contributed by atoms with E-state index in [9.17, 15) is 4.79 Å². The topological polar surface area (TPSA) is 146 Å². The van der Waals surface area contributed by atoms with Crippen LogP contribution in [0.5, 0.6) is 5.75 Å². The number of hydrogen-bond donors (Lipinski definition) is 2. The predicted octanol–water partition coefficient (Wildman–Crippen LogP) is 4.35. The van der Waals surface area contributed by atoms with E-state index in [2.05, 4.69) is 22.1 Å². The largest absolute Gasteiger partial charge is 0.423 e. The van der Waals surface area contributed by atoms with E-state index < -0.39 is 11.8 Å². The number of nitrogens with two attached hydrogens (primary N) is 1. The molecule has 4 rings (SSSR count). The summed E-state index contributed by atoms with van der Waals surface area (Å²) in [6.07, 6.45) is 8.98. The standard InChI is InChI=1S/C33H52FN7O6/c1-3-40-15-8-11-27(40)24-36-32-37-31(25-9-6-4-5-7-10-25)38-33(39-32)41(35)26-12-13-29(28(34)23-26)47-30(42)14-16-44-19-20-46-22-21-45-18-17-43-2/h12-13,23,25,27H,3-11,14-22,24,35H2,1-2H3,(H,36,37,38,39). The van der Waals surface area contributed by atoms with Crippen LogP contribution in [0.3, 0.4) is 0 Å². The molecule has 0 bridgehead atoms. The van der Waals surface area contributed by atoms with Gasteiger partial charge in [-0.3, -0.25) is 9.69 Å². The van der Waals surface area contributed by atoms with Gasteiger partial charge in [-0.15, -0.1) is 0 Å². The molecule has 47 heavy (non-hydrogen) atoms. The molecule has 1 aromatic carbocycles. The van der Waals surface area contributed by atoms with Crippen molar-refractivity contribution in [2.45, 2.75) is 76.7 Å². The van der Waals surface area contributed by atoms with Crippen LogP contribution in [0.1, 0.15) is 76.5 Å². The maximum atomic E-state index is 15.1. The average Bonchev–Trinajstić information content (AvgIpc) is 3.37. The maximum Gasteiger partial charge on any atom is 0.313 e. The highest BCUT2D eigenvalue weighted by Crippen LogP contribution is 2.32. The summed E-state index contributed by atoms with van der Waals surface area (Å²) >= 11 is 0. The van der Waals surface area contributed by atoms with Crippen LogP contribution in [0.15, 0.2) is 18.2 Å². The van der Waals surface area contributed by atoms with Crippen molar-refractivity contribution in [2.24, 2.45) is 5.84 Å². The molecule has 1 aromatic heterocycles. The highest BCUT2D eigenvalue weighted by molar-refractivity contribution is 5.73. The summed E-state index contributed by atoms with van der Waals surface area (Å²) in [6, 6.07) is 4.56. The molecule has 1 unspecified atom stereocenters. The van der Waals surface area contributed by atoms with Crippen molar-refractivity contribution < 1.29 is 32.9 Å². The fourth-order valence-corrected chi connectivity index (χ4v) is 5.89. The van der Waals surface area contributed by atoms with E-state index >= 15 is 4.39 Å². The lowest BCUT2D eigenvalue weighted by atomic mass is 10.00. The Morgan fingerprint density at radius 3 is 2.34 bits per heavy atom. The van der Waals surface area contributed by atoms with Gasteiger partial charge in [0.05, 0.1) is 58.4 Å². The number of hydrogen-bond acceptors (Lipinski definition) is 13. The Kier molecular flexibility index (Phi) is 16.0. The molecule has 2 aliphatic rings. The minimum absolute atomic E-state index is 0.0359. The Morgan fingerprint density at radius 2 is 1.66 bits per heavy atom. The van der Waals surface area contributed by atoms with Gasteiger partial charge in [-0.05, 0) is 50.9 Å². The van der Waals surface area contributed by atoms with Gasteiger partial charge < -0.3 is 29.0 Å². The first-order chi connectivity index (χ1) is 23.0. The lowest BCUT2D eigenvalue weighted by Gasteiger charge is -2.24. The number of carbonyl (C=O) groups is 1. The number of anilines is 3. The summed E-state index contributed by atoms with van der Waals surface area (Å²) in [7, 11) is 1.62. The number of rotatable bonds is 20. The van der Waals surface area contributed by atoms with E-state index in [0.717, 1.165) is 51.7 Å². The SMILES string of the molecule is CCN1CCCC1CNc1nc(C2CCCCCC2)nc(N(N)c2ccc(OC(=O)CCOCCOCCOCCOC)c(F)c2)n1. The van der Waals surface area contributed by atoms with Crippen LogP contribution < -0.4 is 20.9 Å². The Balaban J connectivity index is 1.31. The molecule has 1 saturated carbocycles. The van der Waals surface area contributed by atoms with Gasteiger partial charge in [-0.25, -0.2) is 15.2 Å². The molecule has 0 spiro atoms.